The van der Waals surface area contributed by atoms with Gasteiger partial charge in [0.05, 0.1) is 4.34 Å². The van der Waals surface area contributed by atoms with Crippen LogP contribution in [0.15, 0.2) is 17.1 Å². The van der Waals surface area contributed by atoms with Crippen LogP contribution in [0.2, 0.25) is 4.34 Å². The average molecular weight is 460 g/mol. The van der Waals surface area contributed by atoms with Gasteiger partial charge in [0.25, 0.3) is 0 Å². The maximum Gasteiger partial charge on any atom is 0.190 e. The molecule has 1 rings (SSSR count). The number of hydrogen-bond acceptors (Lipinski definition) is 3. The quantitative estimate of drug-likeness (QED) is 0.241. The van der Waals surface area contributed by atoms with Crippen LogP contribution in [0.25, 0.3) is 0 Å². The molecular formula is C15H27ClIN3OS. The van der Waals surface area contributed by atoms with Gasteiger partial charge in [0, 0.05) is 38.2 Å². The van der Waals surface area contributed by atoms with E-state index in [2.05, 4.69) is 28.6 Å². The summed E-state index contributed by atoms with van der Waals surface area (Å²) in [6.45, 7) is 5.56. The molecule has 0 aromatic carbocycles. The lowest BCUT2D eigenvalue weighted by molar-refractivity contribution is 0.129. The second kappa shape index (κ2) is 14.5. The maximum atomic E-state index is 5.91. The van der Waals surface area contributed by atoms with Crippen molar-refractivity contribution >= 4 is 52.9 Å². The Morgan fingerprint density at radius 2 is 1.95 bits per heavy atom. The summed E-state index contributed by atoms with van der Waals surface area (Å²) in [5.74, 6) is 0.839. The standard InChI is InChI=1S/C15H26ClN3OS.HI/c1-3-4-11-20-12-5-9-18-15(17-2)19-10-8-13-6-7-14(16)21-13;/h6-7H,3-5,8-12H2,1-2H3,(H2,17,18,19);1H. The molecule has 1 aromatic heterocycles. The van der Waals surface area contributed by atoms with E-state index in [1.165, 1.54) is 11.3 Å². The molecule has 2 N–H and O–H groups in total. The van der Waals surface area contributed by atoms with Gasteiger partial charge in [0.15, 0.2) is 5.96 Å². The van der Waals surface area contributed by atoms with Crippen molar-refractivity contribution in [2.45, 2.75) is 32.6 Å². The molecule has 1 aromatic rings. The predicted octanol–water partition coefficient (Wildman–Crippen LogP) is 3.93. The minimum absolute atomic E-state index is 0. The second-order valence-electron chi connectivity index (χ2n) is 4.70. The van der Waals surface area contributed by atoms with Gasteiger partial charge in [-0.05, 0) is 31.4 Å². The molecule has 0 aliphatic heterocycles. The van der Waals surface area contributed by atoms with Crippen molar-refractivity contribution in [3.05, 3.63) is 21.3 Å². The van der Waals surface area contributed by atoms with Gasteiger partial charge < -0.3 is 15.4 Å². The van der Waals surface area contributed by atoms with E-state index in [0.717, 1.165) is 55.9 Å². The van der Waals surface area contributed by atoms with Crippen molar-refractivity contribution in [3.63, 3.8) is 0 Å². The summed E-state index contributed by atoms with van der Waals surface area (Å²) < 4.78 is 6.36. The zero-order chi connectivity index (χ0) is 15.3. The summed E-state index contributed by atoms with van der Waals surface area (Å²) >= 11 is 7.54. The summed E-state index contributed by atoms with van der Waals surface area (Å²) in [6.07, 6.45) is 4.27. The number of rotatable bonds is 10. The molecular weight excluding hydrogens is 433 g/mol. The molecule has 128 valence electrons. The smallest absolute Gasteiger partial charge is 0.190 e. The lowest BCUT2D eigenvalue weighted by Crippen LogP contribution is -2.38. The van der Waals surface area contributed by atoms with Gasteiger partial charge in [-0.2, -0.15) is 0 Å². The molecule has 0 saturated heterocycles. The summed E-state index contributed by atoms with van der Waals surface area (Å²) in [7, 11) is 1.79. The van der Waals surface area contributed by atoms with Crippen molar-refractivity contribution in [3.8, 4) is 0 Å². The fraction of sp³-hybridized carbons (Fsp3) is 0.667. The van der Waals surface area contributed by atoms with Crippen molar-refractivity contribution < 1.29 is 4.74 Å². The third-order valence-corrected chi connectivity index (χ3v) is 4.21. The molecule has 0 spiro atoms. The van der Waals surface area contributed by atoms with Crippen molar-refractivity contribution in [2.75, 3.05) is 33.4 Å². The molecule has 22 heavy (non-hydrogen) atoms. The largest absolute Gasteiger partial charge is 0.381 e. The molecule has 0 fully saturated rings. The summed E-state index contributed by atoms with van der Waals surface area (Å²) in [4.78, 5) is 5.49. The molecule has 0 saturated carbocycles. The van der Waals surface area contributed by atoms with Crippen LogP contribution in [-0.2, 0) is 11.2 Å². The van der Waals surface area contributed by atoms with E-state index in [4.69, 9.17) is 16.3 Å². The topological polar surface area (TPSA) is 45.6 Å². The Morgan fingerprint density at radius 1 is 1.23 bits per heavy atom. The normalized spacial score (nSPS) is 11.1. The number of halogens is 2. The first kappa shape index (κ1) is 21.9. The zero-order valence-electron chi connectivity index (χ0n) is 13.4. The lowest BCUT2D eigenvalue weighted by atomic mass is 10.3. The highest BCUT2D eigenvalue weighted by molar-refractivity contribution is 14.0. The van der Waals surface area contributed by atoms with Crippen LogP contribution in [-0.4, -0.2) is 39.3 Å². The first-order valence-corrected chi connectivity index (χ1v) is 8.72. The van der Waals surface area contributed by atoms with Crippen LogP contribution < -0.4 is 10.6 Å². The third-order valence-electron chi connectivity index (χ3n) is 2.92. The van der Waals surface area contributed by atoms with Crippen LogP contribution in [0.5, 0.6) is 0 Å². The number of hydrogen-bond donors (Lipinski definition) is 2. The van der Waals surface area contributed by atoms with Crippen LogP contribution in [0, 0.1) is 0 Å². The minimum Gasteiger partial charge on any atom is -0.381 e. The molecule has 0 bridgehead atoms. The molecule has 0 radical (unpaired) electrons. The van der Waals surface area contributed by atoms with E-state index < -0.39 is 0 Å². The Kier molecular flexibility index (Phi) is 14.5. The van der Waals surface area contributed by atoms with Gasteiger partial charge in [0.2, 0.25) is 0 Å². The Hall–Kier alpha value is -0.0500. The van der Waals surface area contributed by atoms with Gasteiger partial charge in [-0.1, -0.05) is 24.9 Å². The number of thiophene rings is 1. The van der Waals surface area contributed by atoms with Gasteiger partial charge in [0.1, 0.15) is 0 Å². The number of nitrogens with one attached hydrogen (secondary N) is 2. The summed E-state index contributed by atoms with van der Waals surface area (Å²) in [5.41, 5.74) is 0. The van der Waals surface area contributed by atoms with Gasteiger partial charge in [-0.3, -0.25) is 4.99 Å². The van der Waals surface area contributed by atoms with E-state index in [0.29, 0.717) is 0 Å². The molecule has 0 aliphatic rings. The van der Waals surface area contributed by atoms with Crippen LogP contribution >= 0.6 is 46.9 Å². The predicted molar refractivity (Wildman–Crippen MR) is 108 cm³/mol. The molecule has 0 atom stereocenters. The molecule has 0 aliphatic carbocycles. The Morgan fingerprint density at radius 3 is 2.59 bits per heavy atom. The molecule has 7 heteroatoms. The maximum absolute atomic E-state index is 5.91. The zero-order valence-corrected chi connectivity index (χ0v) is 17.3. The van der Waals surface area contributed by atoms with E-state index in [-0.39, 0.29) is 24.0 Å². The number of guanidine groups is 1. The lowest BCUT2D eigenvalue weighted by Gasteiger charge is -2.11. The van der Waals surface area contributed by atoms with E-state index in [1.54, 1.807) is 18.4 Å². The van der Waals surface area contributed by atoms with E-state index >= 15 is 0 Å². The van der Waals surface area contributed by atoms with Gasteiger partial charge >= 0.3 is 0 Å². The SMILES string of the molecule is CCCCOCCCNC(=NC)NCCc1ccc(Cl)s1.I. The van der Waals surface area contributed by atoms with Crippen LogP contribution in [0.3, 0.4) is 0 Å². The molecule has 0 unspecified atom stereocenters. The average Bonchev–Trinajstić information content (AvgIpc) is 2.90. The molecule has 4 nitrogen and oxygen atoms in total. The fourth-order valence-electron chi connectivity index (χ4n) is 1.74. The second-order valence-corrected chi connectivity index (χ2v) is 6.50. The molecule has 0 amide bonds. The summed E-state index contributed by atoms with van der Waals surface area (Å²) in [5, 5.41) is 6.59. The first-order chi connectivity index (χ1) is 10.3. The van der Waals surface area contributed by atoms with Crippen molar-refractivity contribution in [1.82, 2.24) is 10.6 Å². The van der Waals surface area contributed by atoms with Crippen molar-refractivity contribution in [1.29, 1.82) is 0 Å². The Bertz CT molecular complexity index is 415. The highest BCUT2D eigenvalue weighted by Gasteiger charge is 2.00. The molecule has 1 heterocycles. The van der Waals surface area contributed by atoms with Crippen molar-refractivity contribution in [2.24, 2.45) is 4.99 Å². The monoisotopic (exact) mass is 459 g/mol. The summed E-state index contributed by atoms with van der Waals surface area (Å²) in [6, 6.07) is 4.01. The third kappa shape index (κ3) is 10.6. The number of nitrogens with zero attached hydrogens (tertiary/aromatic N) is 1. The van der Waals surface area contributed by atoms with E-state index in [1.807, 2.05) is 6.07 Å². The van der Waals surface area contributed by atoms with Gasteiger partial charge in [-0.25, -0.2) is 0 Å². The number of ether oxygens (including phenoxy) is 1. The fourth-order valence-corrected chi connectivity index (χ4v) is 2.83. The highest BCUT2D eigenvalue weighted by atomic mass is 127. The van der Waals surface area contributed by atoms with E-state index in [9.17, 15) is 0 Å². The minimum atomic E-state index is 0. The Labute approximate surface area is 160 Å². The first-order valence-electron chi connectivity index (χ1n) is 7.52. The number of aliphatic imine (C=N–C) groups is 1. The Balaban J connectivity index is 0.00000441. The number of unbranched alkanes of at least 4 members (excludes halogenated alkanes) is 1. The highest BCUT2D eigenvalue weighted by Crippen LogP contribution is 2.21. The van der Waals surface area contributed by atoms with Gasteiger partial charge in [-0.15, -0.1) is 35.3 Å². The van der Waals surface area contributed by atoms with Crippen LogP contribution in [0.4, 0.5) is 0 Å². The van der Waals surface area contributed by atoms with Crippen LogP contribution in [0.1, 0.15) is 31.1 Å².